The van der Waals surface area contributed by atoms with E-state index >= 15 is 0 Å². The molecule has 1 aliphatic heterocycles. The Morgan fingerprint density at radius 1 is 1.32 bits per heavy atom. The Morgan fingerprint density at radius 2 is 2.09 bits per heavy atom. The largest absolute Gasteiger partial charge is 0.440 e. The van der Waals surface area contributed by atoms with E-state index in [2.05, 4.69) is 15.6 Å². The lowest BCUT2D eigenvalue weighted by atomic mass is 9.74. The van der Waals surface area contributed by atoms with Gasteiger partial charge in [-0.25, -0.2) is 9.78 Å². The number of rotatable bonds is 1. The Kier molecular flexibility index (Phi) is 2.93. The zero-order valence-electron chi connectivity index (χ0n) is 13.1. The number of carbonyl (C=O) groups is 1. The molecule has 116 valence electrons. The van der Waals surface area contributed by atoms with Crippen LogP contribution in [0.3, 0.4) is 0 Å². The van der Waals surface area contributed by atoms with Crippen LogP contribution in [0.1, 0.15) is 56.0 Å². The molecule has 1 saturated carbocycles. The van der Waals surface area contributed by atoms with E-state index in [1.165, 1.54) is 6.42 Å². The molecule has 1 spiro atoms. The average molecular weight is 299 g/mol. The molecule has 0 bridgehead atoms. The van der Waals surface area contributed by atoms with Gasteiger partial charge in [-0.05, 0) is 31.4 Å². The Morgan fingerprint density at radius 3 is 2.82 bits per heavy atom. The van der Waals surface area contributed by atoms with Gasteiger partial charge >= 0.3 is 6.03 Å². The minimum absolute atomic E-state index is 0.105. The molecule has 2 N–H and O–H groups in total. The predicted molar refractivity (Wildman–Crippen MR) is 85.0 cm³/mol. The molecule has 22 heavy (non-hydrogen) atoms. The van der Waals surface area contributed by atoms with Crippen molar-refractivity contribution >= 4 is 22.8 Å². The average Bonchev–Trinajstić information content (AvgIpc) is 2.90. The van der Waals surface area contributed by atoms with Gasteiger partial charge in [-0.15, -0.1) is 0 Å². The molecule has 5 nitrogen and oxygen atoms in total. The number of anilines is 1. The molecule has 1 fully saturated rings. The van der Waals surface area contributed by atoms with Crippen LogP contribution in [0.2, 0.25) is 0 Å². The van der Waals surface area contributed by atoms with Crippen molar-refractivity contribution in [2.75, 3.05) is 5.32 Å². The third-order valence-electron chi connectivity index (χ3n) is 5.00. The summed E-state index contributed by atoms with van der Waals surface area (Å²) in [5.41, 5.74) is 4.51. The fourth-order valence-electron chi connectivity index (χ4n) is 3.97. The first-order valence-corrected chi connectivity index (χ1v) is 8.15. The van der Waals surface area contributed by atoms with Gasteiger partial charge in [0.25, 0.3) is 0 Å². The zero-order valence-corrected chi connectivity index (χ0v) is 13.1. The van der Waals surface area contributed by atoms with E-state index in [0.717, 1.165) is 65.9 Å². The Labute approximate surface area is 129 Å². The number of fused-ring (bicyclic) bond motifs is 4. The second kappa shape index (κ2) is 4.73. The lowest BCUT2D eigenvalue weighted by molar-refractivity contribution is 0.208. The van der Waals surface area contributed by atoms with Gasteiger partial charge in [-0.3, -0.25) is 0 Å². The summed E-state index contributed by atoms with van der Waals surface area (Å²) >= 11 is 0. The zero-order chi connectivity index (χ0) is 15.3. The summed E-state index contributed by atoms with van der Waals surface area (Å²) in [4.78, 5) is 16.8. The molecule has 1 aromatic heterocycles. The van der Waals surface area contributed by atoms with Crippen LogP contribution in [-0.2, 0) is 12.0 Å². The number of urea groups is 1. The summed E-state index contributed by atoms with van der Waals surface area (Å²) < 4.78 is 6.03. The van der Waals surface area contributed by atoms with E-state index in [4.69, 9.17) is 4.42 Å². The molecular weight excluding hydrogens is 278 g/mol. The summed E-state index contributed by atoms with van der Waals surface area (Å²) in [5.74, 6) is 0.755. The first-order chi connectivity index (χ1) is 10.6. The number of hydrogen-bond donors (Lipinski definition) is 2. The van der Waals surface area contributed by atoms with Crippen molar-refractivity contribution in [2.45, 2.75) is 57.9 Å². The Bertz CT molecular complexity index is 757. The third kappa shape index (κ3) is 1.84. The first kappa shape index (κ1) is 13.6. The van der Waals surface area contributed by atoms with Crippen LogP contribution in [0.4, 0.5) is 10.5 Å². The van der Waals surface area contributed by atoms with Crippen LogP contribution >= 0.6 is 0 Å². The number of aromatic nitrogens is 1. The van der Waals surface area contributed by atoms with Crippen molar-refractivity contribution < 1.29 is 9.21 Å². The van der Waals surface area contributed by atoms with Crippen LogP contribution in [0.5, 0.6) is 0 Å². The van der Waals surface area contributed by atoms with Crippen LogP contribution in [-0.4, -0.2) is 11.0 Å². The highest BCUT2D eigenvalue weighted by Crippen LogP contribution is 2.47. The van der Waals surface area contributed by atoms with E-state index in [1.54, 1.807) is 0 Å². The van der Waals surface area contributed by atoms with Crippen molar-refractivity contribution in [3.05, 3.63) is 23.1 Å². The number of benzene rings is 1. The van der Waals surface area contributed by atoms with Gasteiger partial charge in [0.05, 0.1) is 11.2 Å². The molecule has 2 heterocycles. The van der Waals surface area contributed by atoms with Gasteiger partial charge in [0.1, 0.15) is 5.52 Å². The third-order valence-corrected chi connectivity index (χ3v) is 5.00. The number of hydrogen-bond acceptors (Lipinski definition) is 3. The summed E-state index contributed by atoms with van der Waals surface area (Å²) in [5, 5.41) is 6.18. The quantitative estimate of drug-likeness (QED) is 0.836. The smallest absolute Gasteiger partial charge is 0.319 e. The van der Waals surface area contributed by atoms with Gasteiger partial charge in [-0.2, -0.15) is 0 Å². The molecule has 2 amide bonds. The minimum atomic E-state index is -0.301. The number of nitrogens with one attached hydrogen (secondary N) is 2. The Hall–Kier alpha value is -2.04. The maximum absolute atomic E-state index is 12.2. The fourth-order valence-corrected chi connectivity index (χ4v) is 3.97. The Balaban J connectivity index is 2.03. The van der Waals surface area contributed by atoms with Gasteiger partial charge in [0, 0.05) is 12.0 Å². The number of aryl methyl sites for hydroxylation is 2. The van der Waals surface area contributed by atoms with Gasteiger partial charge in [-0.1, -0.05) is 26.2 Å². The van der Waals surface area contributed by atoms with Crippen molar-refractivity contribution in [1.29, 1.82) is 0 Å². The molecule has 1 aliphatic carbocycles. The molecule has 0 saturated heterocycles. The van der Waals surface area contributed by atoms with E-state index in [0.29, 0.717) is 0 Å². The summed E-state index contributed by atoms with van der Waals surface area (Å²) in [6.07, 6.45) is 6.19. The lowest BCUT2D eigenvalue weighted by Gasteiger charge is -2.42. The maximum atomic E-state index is 12.2. The normalized spacial score (nSPS) is 19.8. The number of amides is 2. The van der Waals surface area contributed by atoms with Crippen molar-refractivity contribution in [1.82, 2.24) is 10.3 Å². The van der Waals surface area contributed by atoms with Gasteiger partial charge < -0.3 is 15.1 Å². The highest BCUT2D eigenvalue weighted by Gasteiger charge is 2.43. The maximum Gasteiger partial charge on any atom is 0.319 e. The van der Waals surface area contributed by atoms with E-state index in [-0.39, 0.29) is 11.6 Å². The number of oxazole rings is 1. The van der Waals surface area contributed by atoms with Crippen LogP contribution in [0.25, 0.3) is 11.1 Å². The van der Waals surface area contributed by atoms with Crippen LogP contribution in [0.15, 0.2) is 10.5 Å². The molecule has 4 rings (SSSR count). The minimum Gasteiger partial charge on any atom is -0.440 e. The topological polar surface area (TPSA) is 67.2 Å². The summed E-state index contributed by atoms with van der Waals surface area (Å²) in [6, 6.07) is 1.91. The highest BCUT2D eigenvalue weighted by molar-refractivity contribution is 5.99. The number of nitrogens with zero attached hydrogens (tertiary/aromatic N) is 1. The second-order valence-corrected chi connectivity index (χ2v) is 6.47. The monoisotopic (exact) mass is 299 g/mol. The fraction of sp³-hybridized carbons (Fsp3) is 0.529. The second-order valence-electron chi connectivity index (χ2n) is 6.47. The van der Waals surface area contributed by atoms with Crippen molar-refractivity contribution in [3.63, 3.8) is 0 Å². The van der Waals surface area contributed by atoms with Crippen LogP contribution < -0.4 is 10.6 Å². The van der Waals surface area contributed by atoms with E-state index < -0.39 is 0 Å². The molecule has 2 aromatic rings. The number of carbonyl (C=O) groups excluding carboxylic acids is 1. The van der Waals surface area contributed by atoms with E-state index in [1.807, 2.05) is 19.9 Å². The van der Waals surface area contributed by atoms with Gasteiger partial charge in [0.15, 0.2) is 11.5 Å². The predicted octanol–water partition coefficient (Wildman–Crippen LogP) is 3.99. The summed E-state index contributed by atoms with van der Waals surface area (Å²) in [6.45, 7) is 4.07. The highest BCUT2D eigenvalue weighted by atomic mass is 16.3. The molecule has 0 unspecified atom stereocenters. The molecule has 5 heteroatoms. The first-order valence-electron chi connectivity index (χ1n) is 8.15. The molecule has 2 aliphatic rings. The molecule has 0 radical (unpaired) electrons. The lowest BCUT2D eigenvalue weighted by Crippen LogP contribution is -2.52. The SMILES string of the molecule is CCc1nc2cc(C)c3c(c2o1)C1(CCCCC1)NC(=O)N3. The molecular formula is C17H21N3O2. The van der Waals surface area contributed by atoms with E-state index in [9.17, 15) is 4.79 Å². The van der Waals surface area contributed by atoms with Crippen molar-refractivity contribution in [2.24, 2.45) is 0 Å². The summed E-state index contributed by atoms with van der Waals surface area (Å²) in [7, 11) is 0. The van der Waals surface area contributed by atoms with Gasteiger partial charge in [0.2, 0.25) is 0 Å². The van der Waals surface area contributed by atoms with Crippen molar-refractivity contribution in [3.8, 4) is 0 Å². The standard InChI is InChI=1S/C17H21N3O2/c1-3-12-18-11-9-10(2)14-13(15(11)22-12)17(20-16(21)19-14)7-5-4-6-8-17/h9H,3-8H2,1-2H3,(H2,19,20,21). The molecule has 1 aromatic carbocycles. The molecule has 0 atom stereocenters. The van der Waals surface area contributed by atoms with Crippen LogP contribution in [0, 0.1) is 6.92 Å².